The Morgan fingerprint density at radius 3 is 2.76 bits per heavy atom. The third-order valence-electron chi connectivity index (χ3n) is 5.91. The Kier molecular flexibility index (Phi) is 5.59. The van der Waals surface area contributed by atoms with Crippen LogP contribution in [0.15, 0.2) is 18.3 Å². The molecular formula is C19H29N3O3. The molecule has 2 saturated heterocycles. The second-order valence-corrected chi connectivity index (χ2v) is 7.36. The average Bonchev–Trinajstić information content (AvgIpc) is 2.96. The van der Waals surface area contributed by atoms with Gasteiger partial charge in [0.15, 0.2) is 0 Å². The molecule has 1 atom stereocenters. The minimum Gasteiger partial charge on any atom is -0.481 e. The Balaban J connectivity index is 1.64. The van der Waals surface area contributed by atoms with Gasteiger partial charge in [-0.25, -0.2) is 4.98 Å². The Bertz CT molecular complexity index is 599. The van der Waals surface area contributed by atoms with Crippen LogP contribution in [0.4, 0.5) is 0 Å². The third-order valence-corrected chi connectivity index (χ3v) is 5.91. The first-order valence-corrected chi connectivity index (χ1v) is 9.02. The van der Waals surface area contributed by atoms with Crippen molar-refractivity contribution in [2.45, 2.75) is 26.3 Å². The summed E-state index contributed by atoms with van der Waals surface area (Å²) in [5.74, 6) is 1.33. The van der Waals surface area contributed by atoms with E-state index >= 15 is 0 Å². The summed E-state index contributed by atoms with van der Waals surface area (Å²) in [6, 6.07) is 4.04. The van der Waals surface area contributed by atoms with Crippen LogP contribution >= 0.6 is 0 Å². The Morgan fingerprint density at radius 2 is 2.12 bits per heavy atom. The van der Waals surface area contributed by atoms with Crippen molar-refractivity contribution in [1.82, 2.24) is 14.8 Å². The Hall–Kier alpha value is -1.66. The lowest BCUT2D eigenvalue weighted by Crippen LogP contribution is -2.45. The first-order chi connectivity index (χ1) is 12.1. The maximum Gasteiger partial charge on any atom is 0.219 e. The fourth-order valence-corrected chi connectivity index (χ4v) is 4.40. The van der Waals surface area contributed by atoms with Crippen molar-refractivity contribution < 1.29 is 14.3 Å². The number of hydrogen-bond acceptors (Lipinski definition) is 5. The Labute approximate surface area is 150 Å². The first kappa shape index (κ1) is 18.1. The zero-order chi connectivity index (χ0) is 17.9. The minimum absolute atomic E-state index is 0.181. The first-order valence-electron chi connectivity index (χ1n) is 9.02. The zero-order valence-corrected chi connectivity index (χ0v) is 15.5. The molecule has 2 fully saturated rings. The van der Waals surface area contributed by atoms with Crippen molar-refractivity contribution in [2.75, 3.05) is 47.0 Å². The number of aromatic nitrogens is 1. The highest BCUT2D eigenvalue weighted by molar-refractivity contribution is 5.73. The molecule has 1 aromatic heterocycles. The molecule has 0 radical (unpaired) electrons. The molecule has 0 unspecified atom stereocenters. The number of pyridine rings is 1. The highest BCUT2D eigenvalue weighted by Gasteiger charge is 2.48. The van der Waals surface area contributed by atoms with E-state index in [0.717, 1.165) is 57.7 Å². The number of methoxy groups -OCH3 is 2. The van der Waals surface area contributed by atoms with Crippen LogP contribution in [0, 0.1) is 11.3 Å². The molecule has 0 saturated carbocycles. The van der Waals surface area contributed by atoms with Gasteiger partial charge in [0.25, 0.3) is 0 Å². The van der Waals surface area contributed by atoms with Gasteiger partial charge in [-0.1, -0.05) is 6.07 Å². The molecule has 0 aromatic carbocycles. The van der Waals surface area contributed by atoms with Gasteiger partial charge in [0.05, 0.1) is 13.7 Å². The van der Waals surface area contributed by atoms with Gasteiger partial charge in [-0.05, 0) is 37.4 Å². The molecule has 2 aliphatic heterocycles. The molecule has 0 bridgehead atoms. The summed E-state index contributed by atoms with van der Waals surface area (Å²) in [6.45, 7) is 7.04. The Morgan fingerprint density at radius 1 is 1.36 bits per heavy atom. The van der Waals surface area contributed by atoms with Crippen LogP contribution in [-0.2, 0) is 16.1 Å². The van der Waals surface area contributed by atoms with Crippen molar-refractivity contribution >= 4 is 5.91 Å². The van der Waals surface area contributed by atoms with Crippen molar-refractivity contribution in [3.05, 3.63) is 23.9 Å². The molecule has 1 aromatic rings. The van der Waals surface area contributed by atoms with Crippen molar-refractivity contribution in [2.24, 2.45) is 11.3 Å². The molecule has 6 nitrogen and oxygen atoms in total. The summed E-state index contributed by atoms with van der Waals surface area (Å²) in [5, 5.41) is 0. The van der Waals surface area contributed by atoms with Gasteiger partial charge in [0.2, 0.25) is 11.8 Å². The molecule has 6 heteroatoms. The van der Waals surface area contributed by atoms with Crippen LogP contribution in [0.25, 0.3) is 0 Å². The number of likely N-dealkylation sites (tertiary alicyclic amines) is 2. The topological polar surface area (TPSA) is 54.9 Å². The lowest BCUT2D eigenvalue weighted by molar-refractivity contribution is -0.128. The molecule has 138 valence electrons. The smallest absolute Gasteiger partial charge is 0.219 e. The van der Waals surface area contributed by atoms with E-state index in [0.29, 0.717) is 11.8 Å². The van der Waals surface area contributed by atoms with Crippen LogP contribution in [0.2, 0.25) is 0 Å². The van der Waals surface area contributed by atoms with E-state index in [1.54, 1.807) is 27.3 Å². The van der Waals surface area contributed by atoms with Gasteiger partial charge in [-0.2, -0.15) is 0 Å². The van der Waals surface area contributed by atoms with Crippen molar-refractivity contribution in [3.8, 4) is 5.88 Å². The van der Waals surface area contributed by atoms with E-state index in [4.69, 9.17) is 9.47 Å². The highest BCUT2D eigenvalue weighted by Crippen LogP contribution is 2.45. The maximum absolute atomic E-state index is 11.9. The second kappa shape index (κ2) is 7.70. The van der Waals surface area contributed by atoms with Crippen LogP contribution in [0.1, 0.15) is 25.3 Å². The molecule has 3 heterocycles. The van der Waals surface area contributed by atoms with Crippen LogP contribution in [-0.4, -0.2) is 67.7 Å². The van der Waals surface area contributed by atoms with Crippen LogP contribution in [0.5, 0.6) is 5.88 Å². The highest BCUT2D eigenvalue weighted by atomic mass is 16.5. The van der Waals surface area contributed by atoms with Gasteiger partial charge in [-0.15, -0.1) is 0 Å². The number of carbonyl (C=O) groups is 1. The molecule has 25 heavy (non-hydrogen) atoms. The van der Waals surface area contributed by atoms with Crippen molar-refractivity contribution in [3.63, 3.8) is 0 Å². The lowest BCUT2D eigenvalue weighted by Gasteiger charge is -2.42. The molecule has 0 aliphatic carbocycles. The van der Waals surface area contributed by atoms with Gasteiger partial charge in [0, 0.05) is 51.3 Å². The number of carbonyl (C=O) groups excluding carboxylic acids is 1. The standard InChI is InChI=1S/C19H29N3O3/c1-15(23)22-12-17(13-24-2)19(14-22)6-9-21(10-7-19)11-16-5-4-8-20-18(16)25-3/h4-5,8,17H,6-7,9-14H2,1-3H3/t17-/m0/s1. The second-order valence-electron chi connectivity index (χ2n) is 7.36. The maximum atomic E-state index is 11.9. The van der Waals surface area contributed by atoms with Crippen LogP contribution in [0.3, 0.4) is 0 Å². The average molecular weight is 347 g/mol. The van der Waals surface area contributed by atoms with Gasteiger partial charge in [-0.3, -0.25) is 9.69 Å². The van der Waals surface area contributed by atoms with E-state index in [1.807, 2.05) is 11.0 Å². The quantitative estimate of drug-likeness (QED) is 0.813. The van der Waals surface area contributed by atoms with E-state index in [2.05, 4.69) is 16.0 Å². The fraction of sp³-hybridized carbons (Fsp3) is 0.684. The van der Waals surface area contributed by atoms with Gasteiger partial charge < -0.3 is 14.4 Å². The number of hydrogen-bond donors (Lipinski definition) is 0. The lowest BCUT2D eigenvalue weighted by atomic mass is 9.71. The van der Waals surface area contributed by atoms with Gasteiger partial charge in [0.1, 0.15) is 0 Å². The number of nitrogens with zero attached hydrogens (tertiary/aromatic N) is 3. The van der Waals surface area contributed by atoms with E-state index in [9.17, 15) is 4.79 Å². The molecule has 1 amide bonds. The third kappa shape index (κ3) is 3.80. The van der Waals surface area contributed by atoms with E-state index in [1.165, 1.54) is 0 Å². The summed E-state index contributed by atoms with van der Waals surface area (Å²) in [7, 11) is 3.43. The minimum atomic E-state index is 0.181. The van der Waals surface area contributed by atoms with Crippen LogP contribution < -0.4 is 4.74 Å². The van der Waals surface area contributed by atoms with Crippen molar-refractivity contribution in [1.29, 1.82) is 0 Å². The summed E-state index contributed by atoms with van der Waals surface area (Å²) in [5.41, 5.74) is 1.34. The molecular weight excluding hydrogens is 318 g/mol. The van der Waals surface area contributed by atoms with E-state index in [-0.39, 0.29) is 11.3 Å². The number of rotatable bonds is 5. The van der Waals surface area contributed by atoms with E-state index < -0.39 is 0 Å². The monoisotopic (exact) mass is 347 g/mol. The number of piperidine rings is 1. The fourth-order valence-electron chi connectivity index (χ4n) is 4.40. The number of ether oxygens (including phenoxy) is 2. The molecule has 2 aliphatic rings. The molecule has 0 N–H and O–H groups in total. The normalized spacial score (nSPS) is 23.2. The predicted octanol–water partition coefficient (Wildman–Crippen LogP) is 1.80. The summed E-state index contributed by atoms with van der Waals surface area (Å²) in [6.07, 6.45) is 3.97. The number of amides is 1. The summed E-state index contributed by atoms with van der Waals surface area (Å²) in [4.78, 5) is 20.6. The zero-order valence-electron chi connectivity index (χ0n) is 15.5. The SMILES string of the molecule is COC[C@@H]1CN(C(C)=O)CC12CCN(Cc1cccnc1OC)CC2. The summed E-state index contributed by atoms with van der Waals surface area (Å²) >= 11 is 0. The molecule has 3 rings (SSSR count). The summed E-state index contributed by atoms with van der Waals surface area (Å²) < 4.78 is 10.8. The molecule has 1 spiro atoms. The predicted molar refractivity (Wildman–Crippen MR) is 95.4 cm³/mol. The van der Waals surface area contributed by atoms with Gasteiger partial charge >= 0.3 is 0 Å². The largest absolute Gasteiger partial charge is 0.481 e.